The molecule has 0 fully saturated rings. The number of hydrogen-bond donors (Lipinski definition) is 2. The number of nitrogens with zero attached hydrogens (tertiary/aromatic N) is 3. The molecule has 0 saturated carbocycles. The Bertz CT molecular complexity index is 1250. The fourth-order valence-corrected chi connectivity index (χ4v) is 4.83. The minimum absolute atomic E-state index is 0.000431. The van der Waals surface area contributed by atoms with Gasteiger partial charge in [0.2, 0.25) is 5.91 Å². The molecule has 2 aromatic carbocycles. The number of thiophene rings is 1. The molecule has 0 saturated heterocycles. The van der Waals surface area contributed by atoms with Gasteiger partial charge >= 0.3 is 0 Å². The van der Waals surface area contributed by atoms with Crippen molar-refractivity contribution in [3.8, 4) is 5.69 Å². The fraction of sp³-hybridized carbons (Fsp3) is 0.200. The average Bonchev–Trinajstić information content (AvgIpc) is 3.48. The van der Waals surface area contributed by atoms with Crippen LogP contribution in [0.4, 0.5) is 5.69 Å². The Kier molecular flexibility index (Phi) is 7.76. The van der Waals surface area contributed by atoms with E-state index in [2.05, 4.69) is 26.9 Å². The van der Waals surface area contributed by atoms with Crippen LogP contribution in [0, 0.1) is 0 Å². The predicted molar refractivity (Wildman–Crippen MR) is 137 cm³/mol. The minimum Gasteiger partial charge on any atom is -0.350 e. The summed E-state index contributed by atoms with van der Waals surface area (Å²) >= 11 is 2.98. The Morgan fingerprint density at radius 3 is 2.50 bits per heavy atom. The SMILES string of the molecule is CC(C)NC(=O)c1ccccc1NC(=O)CSc1nnc(Cc2cccs2)n1-c1ccccc1. The first-order valence-electron chi connectivity index (χ1n) is 10.9. The summed E-state index contributed by atoms with van der Waals surface area (Å²) in [5, 5.41) is 17.2. The number of para-hydroxylation sites is 2. The van der Waals surface area contributed by atoms with Crippen LogP contribution in [-0.4, -0.2) is 38.4 Å². The van der Waals surface area contributed by atoms with E-state index in [4.69, 9.17) is 0 Å². The van der Waals surface area contributed by atoms with Gasteiger partial charge in [0.05, 0.1) is 17.0 Å². The van der Waals surface area contributed by atoms with Gasteiger partial charge in [-0.3, -0.25) is 14.2 Å². The molecule has 4 aromatic rings. The van der Waals surface area contributed by atoms with Gasteiger partial charge in [-0.05, 0) is 49.6 Å². The maximum atomic E-state index is 12.8. The lowest BCUT2D eigenvalue weighted by Gasteiger charge is -2.13. The second kappa shape index (κ2) is 11.1. The topological polar surface area (TPSA) is 88.9 Å². The third-order valence-corrected chi connectivity index (χ3v) is 6.63. The number of thioether (sulfide) groups is 1. The molecule has 0 spiro atoms. The largest absolute Gasteiger partial charge is 0.350 e. The molecule has 0 bridgehead atoms. The molecule has 2 N–H and O–H groups in total. The Balaban J connectivity index is 1.49. The Morgan fingerprint density at radius 2 is 1.76 bits per heavy atom. The standard InChI is InChI=1S/C25H25N5O2S2/c1-17(2)26-24(32)20-12-6-7-13-21(20)27-23(31)16-34-25-29-28-22(15-19-11-8-14-33-19)30(25)18-9-4-3-5-10-18/h3-14,17H,15-16H2,1-2H3,(H,26,32)(H,27,31). The molecule has 7 nitrogen and oxygen atoms in total. The van der Waals surface area contributed by atoms with Gasteiger partial charge in [0, 0.05) is 23.0 Å². The van der Waals surface area contributed by atoms with Crippen molar-refractivity contribution in [2.24, 2.45) is 0 Å². The number of rotatable bonds is 9. The van der Waals surface area contributed by atoms with Crippen LogP contribution in [0.25, 0.3) is 5.69 Å². The molecule has 0 unspecified atom stereocenters. The van der Waals surface area contributed by atoms with Gasteiger partial charge < -0.3 is 10.6 Å². The summed E-state index contributed by atoms with van der Waals surface area (Å²) in [6.45, 7) is 3.79. The van der Waals surface area contributed by atoms with Crippen molar-refractivity contribution in [2.45, 2.75) is 31.5 Å². The van der Waals surface area contributed by atoms with Crippen LogP contribution in [0.1, 0.15) is 34.9 Å². The first-order chi connectivity index (χ1) is 16.5. The van der Waals surface area contributed by atoms with Gasteiger partial charge in [-0.2, -0.15) is 0 Å². The molecule has 2 aromatic heterocycles. The lowest BCUT2D eigenvalue weighted by molar-refractivity contribution is -0.113. The van der Waals surface area contributed by atoms with Crippen LogP contribution in [0.3, 0.4) is 0 Å². The number of carbonyl (C=O) groups is 2. The van der Waals surface area contributed by atoms with Crippen molar-refractivity contribution in [1.29, 1.82) is 0 Å². The lowest BCUT2D eigenvalue weighted by atomic mass is 10.1. The lowest BCUT2D eigenvalue weighted by Crippen LogP contribution is -2.31. The second-order valence-corrected chi connectivity index (χ2v) is 9.81. The number of aromatic nitrogens is 3. The van der Waals surface area contributed by atoms with Crippen molar-refractivity contribution < 1.29 is 9.59 Å². The normalized spacial score (nSPS) is 10.9. The number of hydrogen-bond acceptors (Lipinski definition) is 6. The number of benzene rings is 2. The number of carbonyl (C=O) groups excluding carboxylic acids is 2. The Hall–Kier alpha value is -3.43. The molecule has 4 rings (SSSR count). The summed E-state index contributed by atoms with van der Waals surface area (Å²) in [6, 6.07) is 20.9. The molecule has 9 heteroatoms. The van der Waals surface area contributed by atoms with E-state index in [1.54, 1.807) is 35.6 Å². The molecule has 34 heavy (non-hydrogen) atoms. The molecule has 2 heterocycles. The zero-order chi connectivity index (χ0) is 23.9. The summed E-state index contributed by atoms with van der Waals surface area (Å²) in [6.07, 6.45) is 0.657. The van der Waals surface area contributed by atoms with Crippen LogP contribution < -0.4 is 10.6 Å². The highest BCUT2D eigenvalue weighted by atomic mass is 32.2. The van der Waals surface area contributed by atoms with Crippen molar-refractivity contribution in [2.75, 3.05) is 11.1 Å². The van der Waals surface area contributed by atoms with Gasteiger partial charge in [-0.25, -0.2) is 0 Å². The number of anilines is 1. The summed E-state index contributed by atoms with van der Waals surface area (Å²) in [7, 11) is 0. The fourth-order valence-electron chi connectivity index (χ4n) is 3.36. The highest BCUT2D eigenvalue weighted by Crippen LogP contribution is 2.25. The van der Waals surface area contributed by atoms with Gasteiger partial charge in [-0.15, -0.1) is 21.5 Å². The molecule has 174 valence electrons. The van der Waals surface area contributed by atoms with Crippen molar-refractivity contribution >= 4 is 40.6 Å². The van der Waals surface area contributed by atoms with E-state index < -0.39 is 0 Å². The smallest absolute Gasteiger partial charge is 0.253 e. The Labute approximate surface area is 206 Å². The van der Waals surface area contributed by atoms with Crippen molar-refractivity contribution in [3.63, 3.8) is 0 Å². The van der Waals surface area contributed by atoms with E-state index in [-0.39, 0.29) is 23.6 Å². The molecule has 2 amide bonds. The average molecular weight is 492 g/mol. The predicted octanol–water partition coefficient (Wildman–Crippen LogP) is 4.79. The molecule has 0 atom stereocenters. The van der Waals surface area contributed by atoms with Gasteiger partial charge in [-0.1, -0.05) is 48.2 Å². The maximum absolute atomic E-state index is 12.8. The summed E-state index contributed by atoms with van der Waals surface area (Å²) in [5.41, 5.74) is 1.85. The van der Waals surface area contributed by atoms with E-state index in [9.17, 15) is 9.59 Å². The molecule has 0 aliphatic carbocycles. The van der Waals surface area contributed by atoms with Crippen LogP contribution in [0.5, 0.6) is 0 Å². The molecular formula is C25H25N5O2S2. The first-order valence-corrected chi connectivity index (χ1v) is 12.7. The van der Waals surface area contributed by atoms with Crippen LogP contribution in [-0.2, 0) is 11.2 Å². The molecular weight excluding hydrogens is 466 g/mol. The monoisotopic (exact) mass is 491 g/mol. The van der Waals surface area contributed by atoms with Crippen molar-refractivity contribution in [1.82, 2.24) is 20.1 Å². The quantitative estimate of drug-likeness (QED) is 0.329. The zero-order valence-corrected chi connectivity index (χ0v) is 20.5. The Morgan fingerprint density at radius 1 is 1.00 bits per heavy atom. The highest BCUT2D eigenvalue weighted by molar-refractivity contribution is 7.99. The van der Waals surface area contributed by atoms with Gasteiger partial charge in [0.15, 0.2) is 5.16 Å². The van der Waals surface area contributed by atoms with E-state index in [1.807, 2.05) is 60.2 Å². The van der Waals surface area contributed by atoms with E-state index in [0.29, 0.717) is 22.8 Å². The summed E-state index contributed by atoms with van der Waals surface area (Å²) in [5.74, 6) is 0.495. The zero-order valence-electron chi connectivity index (χ0n) is 18.9. The number of amides is 2. The van der Waals surface area contributed by atoms with Crippen molar-refractivity contribution in [3.05, 3.63) is 88.4 Å². The van der Waals surface area contributed by atoms with E-state index in [0.717, 1.165) is 11.5 Å². The van der Waals surface area contributed by atoms with Crippen LogP contribution in [0.2, 0.25) is 0 Å². The maximum Gasteiger partial charge on any atom is 0.253 e. The molecule has 0 radical (unpaired) electrons. The number of nitrogens with one attached hydrogen (secondary N) is 2. The molecule has 0 aliphatic rings. The first kappa shape index (κ1) is 23.7. The van der Waals surface area contributed by atoms with Crippen LogP contribution in [0.15, 0.2) is 77.3 Å². The third-order valence-electron chi connectivity index (χ3n) is 4.83. The van der Waals surface area contributed by atoms with E-state index >= 15 is 0 Å². The van der Waals surface area contributed by atoms with Gasteiger partial charge in [0.1, 0.15) is 5.82 Å². The highest BCUT2D eigenvalue weighted by Gasteiger charge is 2.18. The van der Waals surface area contributed by atoms with E-state index in [1.165, 1.54) is 16.6 Å². The van der Waals surface area contributed by atoms with Gasteiger partial charge in [0.25, 0.3) is 5.91 Å². The summed E-state index contributed by atoms with van der Waals surface area (Å²) in [4.78, 5) is 26.4. The third kappa shape index (κ3) is 5.92. The summed E-state index contributed by atoms with van der Waals surface area (Å²) < 4.78 is 1.99. The minimum atomic E-state index is -0.225. The molecule has 0 aliphatic heterocycles. The second-order valence-electron chi connectivity index (χ2n) is 7.84. The van der Waals surface area contributed by atoms with Crippen LogP contribution >= 0.6 is 23.1 Å².